The van der Waals surface area contributed by atoms with Gasteiger partial charge in [-0.1, -0.05) is 30.3 Å². The van der Waals surface area contributed by atoms with Crippen LogP contribution < -0.4 is 0 Å². The van der Waals surface area contributed by atoms with Crippen molar-refractivity contribution in [3.05, 3.63) is 35.9 Å². The van der Waals surface area contributed by atoms with E-state index in [0.29, 0.717) is 6.04 Å². The largest absolute Gasteiger partial charge is 0.306 e. The number of hydrogen-bond donors (Lipinski definition) is 0. The van der Waals surface area contributed by atoms with E-state index in [1.165, 1.54) is 5.56 Å². The molecule has 1 rings (SSSR count). The molecule has 0 fully saturated rings. The summed E-state index contributed by atoms with van der Waals surface area (Å²) in [5.41, 5.74) is 1.42. The Balaban J connectivity index is 0.00000144. The van der Waals surface area contributed by atoms with Gasteiger partial charge in [-0.15, -0.1) is 12.4 Å². The first-order valence-corrected chi connectivity index (χ1v) is 4.40. The van der Waals surface area contributed by atoms with E-state index in [0.717, 1.165) is 6.42 Å². The number of hydrogen-bond acceptors (Lipinski definition) is 1. The van der Waals surface area contributed by atoms with Gasteiger partial charge in [0.2, 0.25) is 0 Å². The molecule has 0 aliphatic rings. The fourth-order valence-electron chi connectivity index (χ4n) is 1.14. The van der Waals surface area contributed by atoms with Gasteiger partial charge in [-0.25, -0.2) is 0 Å². The summed E-state index contributed by atoms with van der Waals surface area (Å²) >= 11 is 0. The highest BCUT2D eigenvalue weighted by atomic mass is 35.5. The normalized spacial score (nSPS) is 12.3. The summed E-state index contributed by atoms with van der Waals surface area (Å²) in [6.07, 6.45) is 1.13. The molecular weight excluding hydrogens is 182 g/mol. The van der Waals surface area contributed by atoms with Crippen LogP contribution in [0, 0.1) is 0 Å². The Morgan fingerprint density at radius 2 is 1.69 bits per heavy atom. The second kappa shape index (κ2) is 6.01. The van der Waals surface area contributed by atoms with Gasteiger partial charge < -0.3 is 4.90 Å². The van der Waals surface area contributed by atoms with Crippen molar-refractivity contribution in [2.75, 3.05) is 14.1 Å². The highest BCUT2D eigenvalue weighted by Gasteiger charge is 2.04. The molecule has 0 aliphatic heterocycles. The number of likely N-dealkylation sites (N-methyl/N-ethyl adjacent to an activating group) is 1. The maximum Gasteiger partial charge on any atom is 0.0101 e. The van der Waals surface area contributed by atoms with Crippen molar-refractivity contribution < 1.29 is 0 Å². The number of nitrogens with zero attached hydrogens (tertiary/aromatic N) is 1. The minimum atomic E-state index is 0. The van der Waals surface area contributed by atoms with E-state index in [4.69, 9.17) is 0 Å². The molecule has 0 unspecified atom stereocenters. The molecule has 1 atom stereocenters. The Kier molecular flexibility index (Phi) is 5.76. The van der Waals surface area contributed by atoms with Crippen LogP contribution in [0.1, 0.15) is 12.5 Å². The van der Waals surface area contributed by atoms with Crippen molar-refractivity contribution >= 4 is 12.4 Å². The lowest BCUT2D eigenvalue weighted by Crippen LogP contribution is -2.26. The van der Waals surface area contributed by atoms with Gasteiger partial charge in [-0.2, -0.15) is 0 Å². The van der Waals surface area contributed by atoms with Gasteiger partial charge in [0.15, 0.2) is 0 Å². The average molecular weight is 200 g/mol. The molecule has 0 amide bonds. The van der Waals surface area contributed by atoms with Crippen LogP contribution >= 0.6 is 12.4 Å². The van der Waals surface area contributed by atoms with E-state index < -0.39 is 0 Å². The maximum atomic E-state index is 2.24. The quantitative estimate of drug-likeness (QED) is 0.724. The molecule has 0 bridgehead atoms. The van der Waals surface area contributed by atoms with Crippen molar-refractivity contribution in [2.24, 2.45) is 0 Å². The zero-order chi connectivity index (χ0) is 8.97. The molecule has 74 valence electrons. The third-order valence-corrected chi connectivity index (χ3v) is 2.26. The molecule has 0 radical (unpaired) electrons. The lowest BCUT2D eigenvalue weighted by molar-refractivity contribution is 0.312. The monoisotopic (exact) mass is 199 g/mol. The number of benzene rings is 1. The molecule has 0 aromatic heterocycles. The second-order valence-corrected chi connectivity index (χ2v) is 3.50. The van der Waals surface area contributed by atoms with Crippen LogP contribution in [0.4, 0.5) is 0 Å². The lowest BCUT2D eigenvalue weighted by Gasteiger charge is -2.19. The SMILES string of the molecule is C[C@@H](Cc1ccccc1)N(C)C.Cl. The summed E-state index contributed by atoms with van der Waals surface area (Å²) < 4.78 is 0. The van der Waals surface area contributed by atoms with E-state index in [-0.39, 0.29) is 12.4 Å². The van der Waals surface area contributed by atoms with Crippen LogP contribution in [0.2, 0.25) is 0 Å². The van der Waals surface area contributed by atoms with Crippen LogP contribution in [0.25, 0.3) is 0 Å². The predicted molar refractivity (Wildman–Crippen MR) is 60.5 cm³/mol. The molecule has 0 N–H and O–H groups in total. The smallest absolute Gasteiger partial charge is 0.0101 e. The van der Waals surface area contributed by atoms with Gasteiger partial charge in [0.25, 0.3) is 0 Å². The Morgan fingerprint density at radius 3 is 2.15 bits per heavy atom. The Morgan fingerprint density at radius 1 is 1.15 bits per heavy atom. The summed E-state index contributed by atoms with van der Waals surface area (Å²) in [7, 11) is 4.24. The summed E-state index contributed by atoms with van der Waals surface area (Å²) in [6.45, 7) is 2.24. The summed E-state index contributed by atoms with van der Waals surface area (Å²) in [5.74, 6) is 0. The molecule has 1 nitrogen and oxygen atoms in total. The van der Waals surface area contributed by atoms with E-state index in [1.807, 2.05) is 0 Å². The first-order valence-electron chi connectivity index (χ1n) is 4.40. The van der Waals surface area contributed by atoms with Crippen LogP contribution in [-0.4, -0.2) is 25.0 Å². The van der Waals surface area contributed by atoms with Crippen LogP contribution in [0.5, 0.6) is 0 Å². The third-order valence-electron chi connectivity index (χ3n) is 2.26. The van der Waals surface area contributed by atoms with E-state index >= 15 is 0 Å². The van der Waals surface area contributed by atoms with Gasteiger partial charge in [0.05, 0.1) is 0 Å². The van der Waals surface area contributed by atoms with Crippen LogP contribution in [0.3, 0.4) is 0 Å². The van der Waals surface area contributed by atoms with Crippen molar-refractivity contribution in [2.45, 2.75) is 19.4 Å². The average Bonchev–Trinajstić information content (AvgIpc) is 2.06. The number of rotatable bonds is 3. The topological polar surface area (TPSA) is 3.24 Å². The zero-order valence-electron chi connectivity index (χ0n) is 8.53. The molecule has 1 aromatic carbocycles. The Bertz CT molecular complexity index is 221. The number of halogens is 1. The Labute approximate surface area is 87.2 Å². The van der Waals surface area contributed by atoms with E-state index in [2.05, 4.69) is 56.3 Å². The van der Waals surface area contributed by atoms with E-state index in [9.17, 15) is 0 Å². The fourth-order valence-corrected chi connectivity index (χ4v) is 1.14. The van der Waals surface area contributed by atoms with Gasteiger partial charge in [-0.05, 0) is 33.0 Å². The summed E-state index contributed by atoms with van der Waals surface area (Å²) in [6, 6.07) is 11.2. The fraction of sp³-hybridized carbons (Fsp3) is 0.455. The zero-order valence-corrected chi connectivity index (χ0v) is 9.34. The maximum absolute atomic E-state index is 2.24. The van der Waals surface area contributed by atoms with Crippen LogP contribution in [0.15, 0.2) is 30.3 Å². The van der Waals surface area contributed by atoms with Crippen molar-refractivity contribution in [1.29, 1.82) is 0 Å². The van der Waals surface area contributed by atoms with Crippen molar-refractivity contribution in [3.63, 3.8) is 0 Å². The van der Waals surface area contributed by atoms with Crippen LogP contribution in [-0.2, 0) is 6.42 Å². The van der Waals surface area contributed by atoms with Crippen molar-refractivity contribution in [3.8, 4) is 0 Å². The molecule has 2 heteroatoms. The Hall–Kier alpha value is -0.530. The van der Waals surface area contributed by atoms with Gasteiger partial charge in [0.1, 0.15) is 0 Å². The third kappa shape index (κ3) is 4.30. The molecule has 1 aromatic rings. The molecule has 0 aliphatic carbocycles. The molecule has 0 heterocycles. The first-order chi connectivity index (χ1) is 5.70. The summed E-state index contributed by atoms with van der Waals surface area (Å²) in [4.78, 5) is 2.24. The van der Waals surface area contributed by atoms with Crippen molar-refractivity contribution in [1.82, 2.24) is 4.90 Å². The predicted octanol–water partition coefficient (Wildman–Crippen LogP) is 2.60. The highest BCUT2D eigenvalue weighted by molar-refractivity contribution is 5.85. The second-order valence-electron chi connectivity index (χ2n) is 3.50. The molecule has 0 saturated heterocycles. The lowest BCUT2D eigenvalue weighted by atomic mass is 10.1. The standard InChI is InChI=1S/C11H17N.ClH/c1-10(12(2)3)9-11-7-5-4-6-8-11;/h4-8,10H,9H2,1-3H3;1H/t10-;/m0./s1. The van der Waals surface area contributed by atoms with Gasteiger partial charge in [-0.3, -0.25) is 0 Å². The minimum absolute atomic E-state index is 0. The molecule has 0 saturated carbocycles. The van der Waals surface area contributed by atoms with Gasteiger partial charge >= 0.3 is 0 Å². The highest BCUT2D eigenvalue weighted by Crippen LogP contribution is 2.05. The minimum Gasteiger partial charge on any atom is -0.306 e. The first kappa shape index (κ1) is 12.5. The van der Waals surface area contributed by atoms with Gasteiger partial charge in [0, 0.05) is 6.04 Å². The molecular formula is C11H18ClN. The molecule has 0 spiro atoms. The molecule has 13 heavy (non-hydrogen) atoms. The van der Waals surface area contributed by atoms with E-state index in [1.54, 1.807) is 0 Å². The summed E-state index contributed by atoms with van der Waals surface area (Å²) in [5, 5.41) is 0.